The maximum Gasteiger partial charge on any atom is 0.262 e. The van der Waals surface area contributed by atoms with Gasteiger partial charge in [-0.1, -0.05) is 17.1 Å². The number of carbonyl (C=O) groups excluding carboxylic acids is 1. The van der Waals surface area contributed by atoms with E-state index in [1.165, 1.54) is 11.3 Å². The predicted octanol–water partition coefficient (Wildman–Crippen LogP) is 0.470. The first-order chi connectivity index (χ1) is 9.81. The van der Waals surface area contributed by atoms with E-state index >= 15 is 0 Å². The molecular formula is C13H15N5OS. The van der Waals surface area contributed by atoms with Crippen molar-refractivity contribution in [2.24, 2.45) is 5.73 Å². The summed E-state index contributed by atoms with van der Waals surface area (Å²) in [5, 5.41) is 12.3. The van der Waals surface area contributed by atoms with Gasteiger partial charge in [0.1, 0.15) is 4.88 Å². The summed E-state index contributed by atoms with van der Waals surface area (Å²) in [5.74, 6) is 5.56. The Kier molecular flexibility index (Phi) is 5.29. The Balaban J connectivity index is 1.81. The molecule has 0 fully saturated rings. The zero-order valence-electron chi connectivity index (χ0n) is 10.9. The molecule has 2 rings (SSSR count). The number of thiophene rings is 1. The predicted molar refractivity (Wildman–Crippen MR) is 77.2 cm³/mol. The second kappa shape index (κ2) is 7.43. The first kappa shape index (κ1) is 14.2. The Labute approximate surface area is 121 Å². The van der Waals surface area contributed by atoms with Crippen molar-refractivity contribution in [1.82, 2.24) is 20.3 Å². The van der Waals surface area contributed by atoms with Gasteiger partial charge in [0, 0.05) is 24.8 Å². The molecule has 0 atom stereocenters. The van der Waals surface area contributed by atoms with E-state index in [1.54, 1.807) is 17.1 Å². The fourth-order valence-corrected chi connectivity index (χ4v) is 2.37. The normalized spacial score (nSPS) is 9.85. The summed E-state index contributed by atoms with van der Waals surface area (Å²) in [5.41, 5.74) is 6.06. The van der Waals surface area contributed by atoms with Crippen LogP contribution in [0, 0.1) is 11.8 Å². The Hall–Kier alpha value is -2.17. The van der Waals surface area contributed by atoms with Gasteiger partial charge in [-0.25, -0.2) is 0 Å². The lowest BCUT2D eigenvalue weighted by molar-refractivity contribution is 0.0956. The lowest BCUT2D eigenvalue weighted by Gasteiger charge is -2.04. The summed E-state index contributed by atoms with van der Waals surface area (Å²) in [7, 11) is 0. The highest BCUT2D eigenvalue weighted by molar-refractivity contribution is 7.12. The Morgan fingerprint density at radius 2 is 2.45 bits per heavy atom. The van der Waals surface area contributed by atoms with Crippen molar-refractivity contribution in [3.8, 4) is 11.8 Å². The SMILES string of the molecule is NCC#Cc1ccsc1C(=O)NCCCn1ccnn1. The van der Waals surface area contributed by atoms with Gasteiger partial charge in [-0.2, -0.15) is 0 Å². The zero-order valence-corrected chi connectivity index (χ0v) is 11.7. The maximum absolute atomic E-state index is 12.0. The van der Waals surface area contributed by atoms with Crippen LogP contribution in [0.4, 0.5) is 0 Å². The number of hydrogen-bond acceptors (Lipinski definition) is 5. The van der Waals surface area contributed by atoms with E-state index in [0.29, 0.717) is 11.4 Å². The summed E-state index contributed by atoms with van der Waals surface area (Å²) < 4.78 is 1.73. The van der Waals surface area contributed by atoms with Crippen LogP contribution in [0.2, 0.25) is 0 Å². The van der Waals surface area contributed by atoms with E-state index < -0.39 is 0 Å². The van der Waals surface area contributed by atoms with Crippen LogP contribution in [0.5, 0.6) is 0 Å². The number of hydrogen-bond donors (Lipinski definition) is 2. The zero-order chi connectivity index (χ0) is 14.2. The summed E-state index contributed by atoms with van der Waals surface area (Å²) in [6.07, 6.45) is 4.22. The first-order valence-corrected chi connectivity index (χ1v) is 7.08. The third kappa shape index (κ3) is 3.91. The highest BCUT2D eigenvalue weighted by atomic mass is 32.1. The number of nitrogens with two attached hydrogens (primary N) is 1. The third-order valence-corrected chi connectivity index (χ3v) is 3.43. The quantitative estimate of drug-likeness (QED) is 0.619. The van der Waals surface area contributed by atoms with Crippen molar-refractivity contribution in [2.75, 3.05) is 13.1 Å². The van der Waals surface area contributed by atoms with Gasteiger partial charge in [0.05, 0.1) is 12.7 Å². The van der Waals surface area contributed by atoms with Crippen molar-refractivity contribution in [2.45, 2.75) is 13.0 Å². The van der Waals surface area contributed by atoms with Crippen molar-refractivity contribution in [3.05, 3.63) is 34.3 Å². The molecule has 6 nitrogen and oxygen atoms in total. The molecule has 0 aliphatic heterocycles. The smallest absolute Gasteiger partial charge is 0.262 e. The monoisotopic (exact) mass is 289 g/mol. The third-order valence-electron chi connectivity index (χ3n) is 2.52. The van der Waals surface area contributed by atoms with E-state index in [4.69, 9.17) is 5.73 Å². The average Bonchev–Trinajstić information content (AvgIpc) is 3.12. The molecule has 0 aromatic carbocycles. The lowest BCUT2D eigenvalue weighted by Crippen LogP contribution is -2.25. The molecule has 0 saturated carbocycles. The molecule has 104 valence electrons. The molecule has 0 radical (unpaired) electrons. The topological polar surface area (TPSA) is 85.8 Å². The number of nitrogens with zero attached hydrogens (tertiary/aromatic N) is 3. The second-order valence-corrected chi connectivity index (χ2v) is 4.86. The van der Waals surface area contributed by atoms with E-state index in [0.717, 1.165) is 18.5 Å². The first-order valence-electron chi connectivity index (χ1n) is 6.20. The molecule has 1 amide bonds. The number of amides is 1. The van der Waals surface area contributed by atoms with Gasteiger partial charge in [-0.3, -0.25) is 9.48 Å². The molecule has 20 heavy (non-hydrogen) atoms. The minimum Gasteiger partial charge on any atom is -0.351 e. The standard InChI is InChI=1S/C13H15N5OS/c14-5-1-3-11-4-10-20-12(11)13(19)15-6-2-8-18-9-7-16-17-18/h4,7,9-10H,2,5-6,8,14H2,(H,15,19). The highest BCUT2D eigenvalue weighted by Gasteiger charge is 2.11. The molecule has 0 aliphatic carbocycles. The van der Waals surface area contributed by atoms with Crippen LogP contribution in [0.1, 0.15) is 21.7 Å². The van der Waals surface area contributed by atoms with Crippen molar-refractivity contribution >= 4 is 17.2 Å². The van der Waals surface area contributed by atoms with Crippen LogP contribution in [0.15, 0.2) is 23.8 Å². The molecular weight excluding hydrogens is 274 g/mol. The molecule has 0 saturated heterocycles. The van der Waals surface area contributed by atoms with Crippen LogP contribution < -0.4 is 11.1 Å². The minimum absolute atomic E-state index is 0.0973. The van der Waals surface area contributed by atoms with Gasteiger partial charge in [0.2, 0.25) is 0 Å². The Morgan fingerprint density at radius 3 is 3.20 bits per heavy atom. The lowest BCUT2D eigenvalue weighted by atomic mass is 10.2. The molecule has 0 bridgehead atoms. The average molecular weight is 289 g/mol. The van der Waals surface area contributed by atoms with Crippen LogP contribution in [0.25, 0.3) is 0 Å². The molecule has 2 heterocycles. The maximum atomic E-state index is 12.0. The Morgan fingerprint density at radius 1 is 1.55 bits per heavy atom. The molecule has 2 aromatic rings. The number of carbonyl (C=O) groups is 1. The Bertz CT molecular complexity index is 608. The summed E-state index contributed by atoms with van der Waals surface area (Å²) in [4.78, 5) is 12.6. The van der Waals surface area contributed by atoms with Crippen LogP contribution in [-0.2, 0) is 6.54 Å². The number of aromatic nitrogens is 3. The number of rotatable bonds is 5. The van der Waals surface area contributed by atoms with Gasteiger partial charge in [0.25, 0.3) is 5.91 Å². The summed E-state index contributed by atoms with van der Waals surface area (Å²) >= 11 is 1.38. The fraction of sp³-hybridized carbons (Fsp3) is 0.308. The van der Waals surface area contributed by atoms with Crippen molar-refractivity contribution < 1.29 is 4.79 Å². The van der Waals surface area contributed by atoms with Gasteiger partial charge >= 0.3 is 0 Å². The second-order valence-electron chi connectivity index (χ2n) is 3.94. The molecule has 0 unspecified atom stereocenters. The van der Waals surface area contributed by atoms with E-state index in [9.17, 15) is 4.79 Å². The number of aryl methyl sites for hydroxylation is 1. The van der Waals surface area contributed by atoms with E-state index in [-0.39, 0.29) is 12.5 Å². The van der Waals surface area contributed by atoms with Crippen LogP contribution in [0.3, 0.4) is 0 Å². The van der Waals surface area contributed by atoms with Gasteiger partial charge < -0.3 is 11.1 Å². The largest absolute Gasteiger partial charge is 0.351 e. The van der Waals surface area contributed by atoms with Gasteiger partial charge in [0.15, 0.2) is 0 Å². The molecule has 7 heteroatoms. The van der Waals surface area contributed by atoms with E-state index in [1.807, 2.05) is 11.4 Å². The molecule has 3 N–H and O–H groups in total. The van der Waals surface area contributed by atoms with Gasteiger partial charge in [-0.15, -0.1) is 16.4 Å². The van der Waals surface area contributed by atoms with Crippen molar-refractivity contribution in [1.29, 1.82) is 0 Å². The summed E-state index contributed by atoms with van der Waals surface area (Å²) in [6.45, 7) is 1.60. The fourth-order valence-electron chi connectivity index (χ4n) is 1.61. The number of nitrogens with one attached hydrogen (secondary N) is 1. The van der Waals surface area contributed by atoms with Crippen molar-refractivity contribution in [3.63, 3.8) is 0 Å². The molecule has 0 aliphatic rings. The van der Waals surface area contributed by atoms with Gasteiger partial charge in [-0.05, 0) is 17.9 Å². The van der Waals surface area contributed by atoms with Crippen LogP contribution in [-0.4, -0.2) is 34.0 Å². The van der Waals surface area contributed by atoms with Crippen LogP contribution >= 0.6 is 11.3 Å². The molecule has 0 spiro atoms. The summed E-state index contributed by atoms with van der Waals surface area (Å²) in [6, 6.07) is 1.83. The highest BCUT2D eigenvalue weighted by Crippen LogP contribution is 2.15. The van der Waals surface area contributed by atoms with E-state index in [2.05, 4.69) is 27.5 Å². The minimum atomic E-state index is -0.0973. The molecule has 2 aromatic heterocycles.